The number of fused-ring (bicyclic) bond motifs is 2. The first-order chi connectivity index (χ1) is 9.56. The number of hydrogen-bond acceptors (Lipinski definition) is 4. The molecule has 0 saturated heterocycles. The molecule has 0 spiro atoms. The maximum atomic E-state index is 12.1. The van der Waals surface area contributed by atoms with E-state index in [1.54, 1.807) is 12.1 Å². The lowest BCUT2D eigenvalue weighted by atomic mass is 10.3. The average molecular weight is 271 g/mol. The normalized spacial score (nSPS) is 11.3. The fourth-order valence-corrected chi connectivity index (χ4v) is 1.98. The molecule has 3 rings (SSSR count). The highest BCUT2D eigenvalue weighted by Gasteiger charge is 2.17. The van der Waals surface area contributed by atoms with Crippen molar-refractivity contribution in [3.8, 4) is 0 Å². The molecule has 0 aliphatic carbocycles. The Bertz CT molecular complexity index is 862. The van der Waals surface area contributed by atoms with Crippen molar-refractivity contribution in [1.29, 1.82) is 0 Å². The molecule has 1 amide bonds. The van der Waals surface area contributed by atoms with Crippen LogP contribution in [0, 0.1) is 0 Å². The summed E-state index contributed by atoms with van der Waals surface area (Å²) in [7, 11) is 0. The van der Waals surface area contributed by atoms with Crippen LogP contribution >= 0.6 is 0 Å². The number of amides is 1. The minimum atomic E-state index is -0.548. The van der Waals surface area contributed by atoms with Gasteiger partial charge < -0.3 is 5.32 Å². The van der Waals surface area contributed by atoms with E-state index in [1.165, 1.54) is 0 Å². The molecule has 0 aliphatic heterocycles. The second-order valence-electron chi connectivity index (χ2n) is 4.75. The number of carbonyl (C=O) groups is 1. The first-order valence-corrected chi connectivity index (χ1v) is 6.24. The molecule has 0 bridgehead atoms. The SMILES string of the molecule is CC(C)NC(=O)n1c(=O)[nH]c2nc3ccccc3nc21. The van der Waals surface area contributed by atoms with E-state index in [-0.39, 0.29) is 11.7 Å². The van der Waals surface area contributed by atoms with Crippen molar-refractivity contribution in [2.45, 2.75) is 19.9 Å². The van der Waals surface area contributed by atoms with Gasteiger partial charge in [0.2, 0.25) is 0 Å². The lowest BCUT2D eigenvalue weighted by molar-refractivity contribution is 0.240. The zero-order valence-electron chi connectivity index (χ0n) is 11.0. The zero-order valence-corrected chi connectivity index (χ0v) is 11.0. The van der Waals surface area contributed by atoms with E-state index < -0.39 is 11.7 Å². The quantitative estimate of drug-likeness (QED) is 0.696. The second kappa shape index (κ2) is 4.44. The van der Waals surface area contributed by atoms with Crippen molar-refractivity contribution in [2.75, 3.05) is 0 Å². The first-order valence-electron chi connectivity index (χ1n) is 6.24. The van der Waals surface area contributed by atoms with Gasteiger partial charge in [-0.25, -0.2) is 19.6 Å². The van der Waals surface area contributed by atoms with Gasteiger partial charge in [0.05, 0.1) is 11.0 Å². The van der Waals surface area contributed by atoms with Gasteiger partial charge in [0.1, 0.15) is 0 Å². The van der Waals surface area contributed by atoms with Crippen LogP contribution in [0.4, 0.5) is 4.79 Å². The Morgan fingerprint density at radius 3 is 2.55 bits per heavy atom. The summed E-state index contributed by atoms with van der Waals surface area (Å²) >= 11 is 0. The number of para-hydroxylation sites is 2. The van der Waals surface area contributed by atoms with Gasteiger partial charge in [-0.05, 0) is 26.0 Å². The molecular formula is C13H13N5O2. The van der Waals surface area contributed by atoms with E-state index >= 15 is 0 Å². The summed E-state index contributed by atoms with van der Waals surface area (Å²) in [6, 6.07) is 6.65. The molecule has 2 heterocycles. The number of carbonyl (C=O) groups excluding carboxylic acids is 1. The van der Waals surface area contributed by atoms with E-state index in [4.69, 9.17) is 0 Å². The number of aromatic nitrogens is 4. The van der Waals surface area contributed by atoms with Crippen molar-refractivity contribution in [2.24, 2.45) is 0 Å². The maximum Gasteiger partial charge on any atom is 0.337 e. The van der Waals surface area contributed by atoms with E-state index in [2.05, 4.69) is 20.3 Å². The highest BCUT2D eigenvalue weighted by atomic mass is 16.2. The van der Waals surface area contributed by atoms with Crippen LogP contribution in [-0.4, -0.2) is 31.6 Å². The Morgan fingerprint density at radius 1 is 1.25 bits per heavy atom. The third-order valence-electron chi connectivity index (χ3n) is 2.81. The van der Waals surface area contributed by atoms with Crippen LogP contribution in [0.2, 0.25) is 0 Å². The number of H-pyrrole nitrogens is 1. The Kier molecular flexibility index (Phi) is 2.74. The van der Waals surface area contributed by atoms with E-state index in [1.807, 2.05) is 26.0 Å². The lowest BCUT2D eigenvalue weighted by Crippen LogP contribution is -2.38. The predicted molar refractivity (Wildman–Crippen MR) is 74.7 cm³/mol. The monoisotopic (exact) mass is 271 g/mol. The van der Waals surface area contributed by atoms with Crippen molar-refractivity contribution < 1.29 is 4.79 Å². The molecule has 0 unspecified atom stereocenters. The van der Waals surface area contributed by atoms with Gasteiger partial charge in [0.15, 0.2) is 11.3 Å². The van der Waals surface area contributed by atoms with Crippen LogP contribution in [0.3, 0.4) is 0 Å². The molecule has 2 N–H and O–H groups in total. The van der Waals surface area contributed by atoms with Gasteiger partial charge in [-0.3, -0.25) is 4.98 Å². The van der Waals surface area contributed by atoms with E-state index in [0.29, 0.717) is 16.7 Å². The molecule has 0 fully saturated rings. The Balaban J connectivity index is 2.26. The fraction of sp³-hybridized carbons (Fsp3) is 0.231. The molecule has 1 aromatic carbocycles. The molecule has 0 atom stereocenters. The van der Waals surface area contributed by atoms with E-state index in [0.717, 1.165) is 4.57 Å². The van der Waals surface area contributed by atoms with Crippen molar-refractivity contribution in [3.05, 3.63) is 34.7 Å². The van der Waals surface area contributed by atoms with Crippen LogP contribution in [0.1, 0.15) is 13.8 Å². The van der Waals surface area contributed by atoms with Crippen LogP contribution in [0.15, 0.2) is 29.1 Å². The van der Waals surface area contributed by atoms with Gasteiger partial charge in [-0.2, -0.15) is 4.57 Å². The summed E-state index contributed by atoms with van der Waals surface area (Å²) in [6.45, 7) is 3.64. The minimum Gasteiger partial charge on any atom is -0.335 e. The third kappa shape index (κ3) is 1.93. The third-order valence-corrected chi connectivity index (χ3v) is 2.81. The smallest absolute Gasteiger partial charge is 0.335 e. The summed E-state index contributed by atoms with van der Waals surface area (Å²) < 4.78 is 0.967. The summed E-state index contributed by atoms with van der Waals surface area (Å²) in [5.74, 6) is 0. The van der Waals surface area contributed by atoms with Gasteiger partial charge in [-0.15, -0.1) is 0 Å². The average Bonchev–Trinajstić information content (AvgIpc) is 2.70. The van der Waals surface area contributed by atoms with Crippen LogP contribution < -0.4 is 11.0 Å². The first kappa shape index (κ1) is 12.3. The molecular weight excluding hydrogens is 258 g/mol. The van der Waals surface area contributed by atoms with Crippen molar-refractivity contribution in [3.63, 3.8) is 0 Å². The van der Waals surface area contributed by atoms with Gasteiger partial charge in [0.25, 0.3) is 0 Å². The Hall–Kier alpha value is -2.70. The topological polar surface area (TPSA) is 92.7 Å². The van der Waals surface area contributed by atoms with Crippen molar-refractivity contribution >= 4 is 28.4 Å². The largest absolute Gasteiger partial charge is 0.337 e. The fourth-order valence-electron chi connectivity index (χ4n) is 1.98. The highest BCUT2D eigenvalue weighted by Crippen LogP contribution is 2.13. The van der Waals surface area contributed by atoms with Crippen LogP contribution in [0.25, 0.3) is 22.3 Å². The number of rotatable bonds is 1. The standard InChI is InChI=1S/C13H13N5O2/c1-7(2)14-12(19)18-11-10(17-13(18)20)15-8-5-3-4-6-9(8)16-11/h3-7H,1-2H3,(H,14,19)(H,15,17,20). The number of nitrogens with one attached hydrogen (secondary N) is 2. The molecule has 0 aliphatic rings. The highest BCUT2D eigenvalue weighted by molar-refractivity contribution is 5.89. The Labute approximate surface area is 113 Å². The molecule has 102 valence electrons. The number of aromatic amines is 1. The minimum absolute atomic E-state index is 0.0761. The molecule has 2 aromatic heterocycles. The molecule has 3 aromatic rings. The molecule has 20 heavy (non-hydrogen) atoms. The van der Waals surface area contributed by atoms with E-state index in [9.17, 15) is 9.59 Å². The summed E-state index contributed by atoms with van der Waals surface area (Å²) in [4.78, 5) is 35.1. The maximum absolute atomic E-state index is 12.1. The number of benzene rings is 1. The molecule has 7 nitrogen and oxygen atoms in total. The van der Waals surface area contributed by atoms with Crippen molar-refractivity contribution in [1.82, 2.24) is 24.8 Å². The summed E-state index contributed by atoms with van der Waals surface area (Å²) in [6.07, 6.45) is 0. The second-order valence-corrected chi connectivity index (χ2v) is 4.75. The Morgan fingerprint density at radius 2 is 1.90 bits per heavy atom. The van der Waals surface area contributed by atoms with Gasteiger partial charge >= 0.3 is 11.7 Å². The van der Waals surface area contributed by atoms with Gasteiger partial charge in [0, 0.05) is 6.04 Å². The summed E-state index contributed by atoms with van der Waals surface area (Å²) in [5, 5.41) is 2.66. The van der Waals surface area contributed by atoms with Crippen LogP contribution in [0.5, 0.6) is 0 Å². The van der Waals surface area contributed by atoms with Gasteiger partial charge in [-0.1, -0.05) is 12.1 Å². The lowest BCUT2D eigenvalue weighted by Gasteiger charge is -2.07. The molecule has 0 radical (unpaired) electrons. The number of hydrogen-bond donors (Lipinski definition) is 2. The predicted octanol–water partition coefficient (Wildman–Crippen LogP) is 1.24. The van der Waals surface area contributed by atoms with Crippen LogP contribution in [-0.2, 0) is 0 Å². The number of imidazole rings is 1. The molecule has 7 heteroatoms. The number of nitrogens with zero attached hydrogens (tertiary/aromatic N) is 3. The summed E-state index contributed by atoms with van der Waals surface area (Å²) in [5.41, 5.74) is 1.27. The zero-order chi connectivity index (χ0) is 14.3. The molecule has 0 saturated carbocycles.